The SMILES string of the molecule is Oc1cc(O)c2c(c1)O[C@H](c1ccc(O)c(O)c1)[C@H](O)[C@H]2SCCS. The number of aromatic hydroxyl groups is 4. The highest BCUT2D eigenvalue weighted by atomic mass is 32.2. The molecule has 0 aromatic heterocycles. The van der Waals surface area contributed by atoms with Crippen molar-refractivity contribution in [2.45, 2.75) is 17.5 Å². The van der Waals surface area contributed by atoms with Gasteiger partial charge in [-0.05, 0) is 23.4 Å². The Labute approximate surface area is 154 Å². The van der Waals surface area contributed by atoms with Gasteiger partial charge in [0.05, 0.1) is 10.8 Å². The monoisotopic (exact) mass is 382 g/mol. The second kappa shape index (κ2) is 7.15. The number of thioether (sulfide) groups is 1. The van der Waals surface area contributed by atoms with E-state index in [1.165, 1.54) is 42.1 Å². The second-order valence-electron chi connectivity index (χ2n) is 5.67. The van der Waals surface area contributed by atoms with E-state index in [0.717, 1.165) is 0 Å². The summed E-state index contributed by atoms with van der Waals surface area (Å²) in [6.45, 7) is 0. The third-order valence-electron chi connectivity index (χ3n) is 3.98. The molecule has 0 saturated carbocycles. The van der Waals surface area contributed by atoms with Crippen molar-refractivity contribution in [1.82, 2.24) is 0 Å². The van der Waals surface area contributed by atoms with Crippen molar-refractivity contribution in [3.05, 3.63) is 41.5 Å². The molecule has 3 rings (SSSR count). The van der Waals surface area contributed by atoms with Gasteiger partial charge < -0.3 is 30.3 Å². The molecule has 0 radical (unpaired) electrons. The highest BCUT2D eigenvalue weighted by molar-refractivity contribution is 8.00. The third kappa shape index (κ3) is 3.42. The number of hydrogen-bond acceptors (Lipinski definition) is 8. The van der Waals surface area contributed by atoms with Crippen LogP contribution in [0.3, 0.4) is 0 Å². The zero-order chi connectivity index (χ0) is 18.1. The second-order valence-corrected chi connectivity index (χ2v) is 7.37. The van der Waals surface area contributed by atoms with Crippen molar-refractivity contribution < 1.29 is 30.3 Å². The number of aliphatic hydroxyl groups excluding tert-OH is 1. The minimum absolute atomic E-state index is 0.155. The predicted octanol–water partition coefficient (Wildman–Crippen LogP) is 2.71. The van der Waals surface area contributed by atoms with Gasteiger partial charge in [-0.25, -0.2) is 0 Å². The number of phenolic OH excluding ortho intramolecular Hbond substituents is 4. The van der Waals surface area contributed by atoms with E-state index in [-0.39, 0.29) is 28.7 Å². The molecule has 0 amide bonds. The molecule has 0 aliphatic carbocycles. The molecule has 134 valence electrons. The van der Waals surface area contributed by atoms with Crippen molar-refractivity contribution in [2.24, 2.45) is 0 Å². The lowest BCUT2D eigenvalue weighted by Gasteiger charge is -2.37. The summed E-state index contributed by atoms with van der Waals surface area (Å²) in [4.78, 5) is 0. The lowest BCUT2D eigenvalue weighted by atomic mass is 9.93. The maximum Gasteiger partial charge on any atom is 0.157 e. The molecule has 3 atom stereocenters. The summed E-state index contributed by atoms with van der Waals surface area (Å²) in [5.41, 5.74) is 0.879. The first-order chi connectivity index (χ1) is 11.9. The van der Waals surface area contributed by atoms with Gasteiger partial charge in [0.1, 0.15) is 23.4 Å². The van der Waals surface area contributed by atoms with Crippen LogP contribution in [0, 0.1) is 0 Å². The van der Waals surface area contributed by atoms with Crippen LogP contribution in [0.15, 0.2) is 30.3 Å². The van der Waals surface area contributed by atoms with Crippen molar-refractivity contribution in [1.29, 1.82) is 0 Å². The van der Waals surface area contributed by atoms with Crippen molar-refractivity contribution >= 4 is 24.4 Å². The van der Waals surface area contributed by atoms with E-state index in [0.29, 0.717) is 22.6 Å². The normalized spacial score (nSPS) is 22.2. The summed E-state index contributed by atoms with van der Waals surface area (Å²) in [6.07, 6.45) is -1.85. The molecule has 0 bridgehead atoms. The molecular weight excluding hydrogens is 364 g/mol. The fourth-order valence-electron chi connectivity index (χ4n) is 2.86. The number of benzene rings is 2. The number of phenols is 4. The van der Waals surface area contributed by atoms with Crippen LogP contribution in [0.4, 0.5) is 0 Å². The van der Waals surface area contributed by atoms with Gasteiger partial charge in [-0.1, -0.05) is 6.07 Å². The Bertz CT molecular complexity index is 782. The van der Waals surface area contributed by atoms with E-state index in [1.54, 1.807) is 0 Å². The maximum atomic E-state index is 10.8. The summed E-state index contributed by atoms with van der Waals surface area (Å²) in [6, 6.07) is 6.75. The van der Waals surface area contributed by atoms with E-state index >= 15 is 0 Å². The maximum absolute atomic E-state index is 10.8. The zero-order valence-corrected chi connectivity index (χ0v) is 14.7. The van der Waals surface area contributed by atoms with Crippen LogP contribution >= 0.6 is 24.4 Å². The van der Waals surface area contributed by atoms with E-state index < -0.39 is 17.5 Å². The van der Waals surface area contributed by atoms with E-state index in [4.69, 9.17) is 4.74 Å². The Balaban J connectivity index is 2.06. The van der Waals surface area contributed by atoms with Crippen LogP contribution in [0.5, 0.6) is 28.7 Å². The van der Waals surface area contributed by atoms with Gasteiger partial charge in [-0.3, -0.25) is 0 Å². The van der Waals surface area contributed by atoms with Gasteiger partial charge in [-0.2, -0.15) is 12.6 Å². The van der Waals surface area contributed by atoms with Crippen molar-refractivity contribution in [3.8, 4) is 28.7 Å². The van der Waals surface area contributed by atoms with Crippen LogP contribution < -0.4 is 4.74 Å². The smallest absolute Gasteiger partial charge is 0.157 e. The van der Waals surface area contributed by atoms with Gasteiger partial charge in [0.25, 0.3) is 0 Å². The Morgan fingerprint density at radius 3 is 2.44 bits per heavy atom. The number of thiol groups is 1. The molecular formula is C17H18O6S2. The summed E-state index contributed by atoms with van der Waals surface area (Å²) in [5.74, 6) is 0.585. The molecule has 0 unspecified atom stereocenters. The fraction of sp³-hybridized carbons (Fsp3) is 0.294. The molecule has 0 saturated heterocycles. The topological polar surface area (TPSA) is 110 Å². The molecule has 8 heteroatoms. The highest BCUT2D eigenvalue weighted by Gasteiger charge is 2.40. The molecule has 6 nitrogen and oxygen atoms in total. The number of aliphatic hydroxyl groups is 1. The first-order valence-electron chi connectivity index (χ1n) is 7.57. The van der Waals surface area contributed by atoms with Gasteiger partial charge >= 0.3 is 0 Å². The Morgan fingerprint density at radius 1 is 1.00 bits per heavy atom. The standard InChI is InChI=1S/C17H18O6S2/c18-9-6-12(21)14-13(7-9)23-16(15(22)17(14)25-4-3-24)8-1-2-10(19)11(20)5-8/h1-2,5-7,15-22,24H,3-4H2/t15-,16+,17-/m0/s1. The van der Waals surface area contributed by atoms with E-state index in [9.17, 15) is 25.5 Å². The van der Waals surface area contributed by atoms with Crippen LogP contribution in [0.1, 0.15) is 22.5 Å². The lowest BCUT2D eigenvalue weighted by Crippen LogP contribution is -2.33. The summed E-state index contributed by atoms with van der Waals surface area (Å²) < 4.78 is 5.80. The van der Waals surface area contributed by atoms with Gasteiger partial charge in [-0.15, -0.1) is 11.8 Å². The number of fused-ring (bicyclic) bond motifs is 1. The molecule has 0 spiro atoms. The summed E-state index contributed by atoms with van der Waals surface area (Å²) in [7, 11) is 0. The molecule has 0 fully saturated rings. The minimum Gasteiger partial charge on any atom is -0.508 e. The number of hydrogen-bond donors (Lipinski definition) is 6. The van der Waals surface area contributed by atoms with Gasteiger partial charge in [0.15, 0.2) is 17.6 Å². The van der Waals surface area contributed by atoms with Gasteiger partial charge in [0.2, 0.25) is 0 Å². The van der Waals surface area contributed by atoms with Gasteiger partial charge in [0, 0.05) is 17.9 Å². The molecule has 1 aliphatic heterocycles. The van der Waals surface area contributed by atoms with Crippen LogP contribution in [-0.2, 0) is 0 Å². The lowest BCUT2D eigenvalue weighted by molar-refractivity contribution is 0.0174. The highest BCUT2D eigenvalue weighted by Crippen LogP contribution is 2.52. The molecule has 1 heterocycles. The number of rotatable bonds is 4. The van der Waals surface area contributed by atoms with E-state index in [2.05, 4.69) is 12.6 Å². The summed E-state index contributed by atoms with van der Waals surface area (Å²) >= 11 is 5.60. The van der Waals surface area contributed by atoms with Crippen LogP contribution in [0.25, 0.3) is 0 Å². The summed E-state index contributed by atoms with van der Waals surface area (Å²) in [5, 5.41) is 49.5. The molecule has 2 aromatic carbocycles. The quantitative estimate of drug-likeness (QED) is 0.356. The molecule has 5 N–H and O–H groups in total. The average Bonchev–Trinajstić information content (AvgIpc) is 2.56. The predicted molar refractivity (Wildman–Crippen MR) is 98.0 cm³/mol. The fourth-order valence-corrected chi connectivity index (χ4v) is 4.28. The Hall–Kier alpha value is -1.90. The van der Waals surface area contributed by atoms with Crippen LogP contribution in [-0.4, -0.2) is 43.1 Å². The van der Waals surface area contributed by atoms with Crippen LogP contribution in [0.2, 0.25) is 0 Å². The zero-order valence-electron chi connectivity index (χ0n) is 13.0. The molecule has 2 aromatic rings. The third-order valence-corrected chi connectivity index (χ3v) is 5.82. The Morgan fingerprint density at radius 2 is 1.76 bits per heavy atom. The first kappa shape index (κ1) is 17.9. The minimum atomic E-state index is -1.02. The van der Waals surface area contributed by atoms with Crippen molar-refractivity contribution in [2.75, 3.05) is 11.5 Å². The Kier molecular flexibility index (Phi) is 5.12. The molecule has 25 heavy (non-hydrogen) atoms. The molecule has 1 aliphatic rings. The largest absolute Gasteiger partial charge is 0.508 e. The number of ether oxygens (including phenoxy) is 1. The first-order valence-corrected chi connectivity index (χ1v) is 9.25. The average molecular weight is 382 g/mol. The van der Waals surface area contributed by atoms with Crippen molar-refractivity contribution in [3.63, 3.8) is 0 Å². The van der Waals surface area contributed by atoms with E-state index in [1.807, 2.05) is 0 Å².